The molecule has 0 aromatic rings. The summed E-state index contributed by atoms with van der Waals surface area (Å²) < 4.78 is 0. The molecule has 0 spiro atoms. The Labute approximate surface area is 63.6 Å². The first-order chi connectivity index (χ1) is 4.61. The second kappa shape index (κ2) is 2.89. The molecule has 10 heavy (non-hydrogen) atoms. The molecule has 1 rings (SSSR count). The molecule has 0 aromatic carbocycles. The van der Waals surface area contributed by atoms with E-state index in [9.17, 15) is 0 Å². The van der Waals surface area contributed by atoms with Gasteiger partial charge in [0.2, 0.25) is 0 Å². The van der Waals surface area contributed by atoms with Gasteiger partial charge in [0.15, 0.2) is 0 Å². The Kier molecular flexibility index (Phi) is 2.32. The van der Waals surface area contributed by atoms with Crippen LogP contribution in [0.3, 0.4) is 0 Å². The van der Waals surface area contributed by atoms with Gasteiger partial charge in [0, 0.05) is 31.7 Å². The first-order valence-electron chi connectivity index (χ1n) is 3.99. The number of nitrogens with zero attached hydrogens (tertiary/aromatic N) is 2. The maximum absolute atomic E-state index is 4.30. The predicted octanol–water partition coefficient (Wildman–Crippen LogP) is 0.705. The van der Waals surface area contributed by atoms with Gasteiger partial charge >= 0.3 is 0 Å². The molecular formula is C8H17N2. The fraction of sp³-hybridized carbons (Fsp3) is 1.00. The maximum Gasteiger partial charge on any atom is 0.0262 e. The van der Waals surface area contributed by atoms with E-state index >= 15 is 0 Å². The summed E-state index contributed by atoms with van der Waals surface area (Å²) in [6, 6.07) is 0. The molecule has 1 aliphatic heterocycles. The lowest BCUT2D eigenvalue weighted by atomic mass is 10.1. The van der Waals surface area contributed by atoms with Crippen LogP contribution in [0.4, 0.5) is 0 Å². The van der Waals surface area contributed by atoms with E-state index in [4.69, 9.17) is 0 Å². The normalized spacial score (nSPS) is 23.1. The average molecular weight is 141 g/mol. The van der Waals surface area contributed by atoms with Gasteiger partial charge in [-0.25, -0.2) is 5.32 Å². The van der Waals surface area contributed by atoms with Crippen molar-refractivity contribution in [1.29, 1.82) is 0 Å². The molecule has 0 amide bonds. The molecule has 1 radical (unpaired) electrons. The van der Waals surface area contributed by atoms with E-state index in [1.165, 1.54) is 0 Å². The molecule has 0 aliphatic carbocycles. The van der Waals surface area contributed by atoms with Crippen molar-refractivity contribution in [2.24, 2.45) is 0 Å². The standard InChI is InChI=1S/C8H17N2/c1-8(2,3)10-6-4-9-5-7-10/h4-7H2,1-3H3. The number of hydrogen-bond acceptors (Lipinski definition) is 1. The van der Waals surface area contributed by atoms with Crippen molar-refractivity contribution < 1.29 is 0 Å². The van der Waals surface area contributed by atoms with Crippen molar-refractivity contribution in [3.8, 4) is 0 Å². The Morgan fingerprint density at radius 3 is 1.90 bits per heavy atom. The van der Waals surface area contributed by atoms with Crippen molar-refractivity contribution in [2.75, 3.05) is 26.2 Å². The highest BCUT2D eigenvalue weighted by Gasteiger charge is 2.22. The summed E-state index contributed by atoms with van der Waals surface area (Å²) in [5.41, 5.74) is 0.343. The van der Waals surface area contributed by atoms with E-state index in [-0.39, 0.29) is 0 Å². The summed E-state index contributed by atoms with van der Waals surface area (Å²) in [5.74, 6) is 0. The van der Waals surface area contributed by atoms with E-state index in [0.717, 1.165) is 26.2 Å². The smallest absolute Gasteiger partial charge is 0.0262 e. The minimum atomic E-state index is 0.343. The second-order valence-corrected chi connectivity index (χ2v) is 3.83. The molecule has 1 aliphatic rings. The topological polar surface area (TPSA) is 17.3 Å². The van der Waals surface area contributed by atoms with Gasteiger partial charge in [-0.2, -0.15) is 0 Å². The van der Waals surface area contributed by atoms with Crippen LogP contribution in [0.5, 0.6) is 0 Å². The molecule has 2 heteroatoms. The summed E-state index contributed by atoms with van der Waals surface area (Å²) in [6.45, 7) is 11.1. The van der Waals surface area contributed by atoms with Gasteiger partial charge in [0.1, 0.15) is 0 Å². The number of rotatable bonds is 0. The van der Waals surface area contributed by atoms with Gasteiger partial charge in [-0.05, 0) is 20.8 Å². The molecule has 1 heterocycles. The largest absolute Gasteiger partial charge is 0.296 e. The summed E-state index contributed by atoms with van der Waals surface area (Å²) in [5, 5.41) is 4.30. The Balaban J connectivity index is 2.39. The molecule has 59 valence electrons. The van der Waals surface area contributed by atoms with E-state index < -0.39 is 0 Å². The molecule has 0 unspecified atom stereocenters. The lowest BCUT2D eigenvalue weighted by molar-refractivity contribution is 0.118. The molecule has 1 fully saturated rings. The van der Waals surface area contributed by atoms with Crippen LogP contribution < -0.4 is 5.32 Å². The van der Waals surface area contributed by atoms with Crippen LogP contribution in [-0.4, -0.2) is 36.6 Å². The fourth-order valence-corrected chi connectivity index (χ4v) is 1.28. The van der Waals surface area contributed by atoms with Gasteiger partial charge in [0.25, 0.3) is 0 Å². The third kappa shape index (κ3) is 1.96. The van der Waals surface area contributed by atoms with Gasteiger partial charge < -0.3 is 0 Å². The number of hydrogen-bond donors (Lipinski definition) is 0. The van der Waals surface area contributed by atoms with Crippen LogP contribution in [0.2, 0.25) is 0 Å². The molecular weight excluding hydrogens is 124 g/mol. The predicted molar refractivity (Wildman–Crippen MR) is 43.2 cm³/mol. The van der Waals surface area contributed by atoms with Crippen molar-refractivity contribution in [1.82, 2.24) is 10.2 Å². The maximum atomic E-state index is 4.30. The zero-order valence-corrected chi connectivity index (χ0v) is 7.22. The summed E-state index contributed by atoms with van der Waals surface area (Å²) in [7, 11) is 0. The molecule has 0 saturated carbocycles. The molecule has 0 atom stereocenters. The van der Waals surface area contributed by atoms with Crippen molar-refractivity contribution in [2.45, 2.75) is 26.3 Å². The lowest BCUT2D eigenvalue weighted by Crippen LogP contribution is -2.50. The number of piperazine rings is 1. The van der Waals surface area contributed by atoms with Crippen molar-refractivity contribution in [3.63, 3.8) is 0 Å². The van der Waals surface area contributed by atoms with Crippen LogP contribution in [0.1, 0.15) is 20.8 Å². The first kappa shape index (κ1) is 8.02. The lowest BCUT2D eigenvalue weighted by Gasteiger charge is -2.37. The zero-order chi connectivity index (χ0) is 7.61. The Bertz CT molecular complexity index is 98.3. The van der Waals surface area contributed by atoms with Crippen LogP contribution in [0.25, 0.3) is 0 Å². The zero-order valence-electron chi connectivity index (χ0n) is 7.22. The minimum absolute atomic E-state index is 0.343. The van der Waals surface area contributed by atoms with Crippen LogP contribution in [0, 0.1) is 0 Å². The second-order valence-electron chi connectivity index (χ2n) is 3.83. The molecule has 0 aromatic heterocycles. The van der Waals surface area contributed by atoms with Gasteiger partial charge in [-0.1, -0.05) is 0 Å². The van der Waals surface area contributed by atoms with E-state index in [1.807, 2.05) is 0 Å². The monoisotopic (exact) mass is 141 g/mol. The van der Waals surface area contributed by atoms with Gasteiger partial charge in [-0.3, -0.25) is 4.90 Å². The summed E-state index contributed by atoms with van der Waals surface area (Å²) >= 11 is 0. The van der Waals surface area contributed by atoms with Crippen molar-refractivity contribution >= 4 is 0 Å². The Hall–Kier alpha value is -0.0800. The Morgan fingerprint density at radius 1 is 1.10 bits per heavy atom. The van der Waals surface area contributed by atoms with Crippen LogP contribution in [-0.2, 0) is 0 Å². The van der Waals surface area contributed by atoms with Crippen LogP contribution >= 0.6 is 0 Å². The third-order valence-electron chi connectivity index (χ3n) is 2.00. The SMILES string of the molecule is CC(C)(C)N1CC[N]CC1. The minimum Gasteiger partial charge on any atom is -0.296 e. The molecule has 1 saturated heterocycles. The summed E-state index contributed by atoms with van der Waals surface area (Å²) in [4.78, 5) is 2.49. The quantitative estimate of drug-likeness (QED) is 0.485. The highest BCUT2D eigenvalue weighted by Crippen LogP contribution is 2.12. The van der Waals surface area contributed by atoms with Crippen molar-refractivity contribution in [3.05, 3.63) is 0 Å². The van der Waals surface area contributed by atoms with E-state index in [2.05, 4.69) is 31.0 Å². The highest BCUT2D eigenvalue weighted by molar-refractivity contribution is 4.79. The average Bonchev–Trinajstić information content (AvgIpc) is 1.88. The Morgan fingerprint density at radius 2 is 1.60 bits per heavy atom. The van der Waals surface area contributed by atoms with Gasteiger partial charge in [0.05, 0.1) is 0 Å². The molecule has 2 nitrogen and oxygen atoms in total. The first-order valence-corrected chi connectivity index (χ1v) is 3.99. The third-order valence-corrected chi connectivity index (χ3v) is 2.00. The van der Waals surface area contributed by atoms with E-state index in [1.54, 1.807) is 0 Å². The molecule has 0 N–H and O–H groups in total. The summed E-state index contributed by atoms with van der Waals surface area (Å²) in [6.07, 6.45) is 0. The van der Waals surface area contributed by atoms with Gasteiger partial charge in [-0.15, -0.1) is 0 Å². The van der Waals surface area contributed by atoms with E-state index in [0.29, 0.717) is 5.54 Å². The van der Waals surface area contributed by atoms with Crippen LogP contribution in [0.15, 0.2) is 0 Å². The fourth-order valence-electron chi connectivity index (χ4n) is 1.28. The molecule has 0 bridgehead atoms. The highest BCUT2D eigenvalue weighted by atomic mass is 15.2.